The average Bonchev–Trinajstić information content (AvgIpc) is 2.64. The van der Waals surface area contributed by atoms with Gasteiger partial charge in [-0.05, 0) is 43.5 Å². The molecule has 0 unspecified atom stereocenters. The maximum Gasteiger partial charge on any atom is 0.127 e. The molecular weight excluding hydrogens is 245 g/mol. The molecule has 0 amide bonds. The molecule has 1 aromatic rings. The topological polar surface area (TPSA) is 12.0 Å². The lowest BCUT2D eigenvalue weighted by atomic mass is 10.0. The molecule has 0 bridgehead atoms. The van der Waals surface area contributed by atoms with E-state index in [9.17, 15) is 4.39 Å². The zero-order valence-corrected chi connectivity index (χ0v) is 9.70. The van der Waals surface area contributed by atoms with Crippen LogP contribution in [0, 0.1) is 12.7 Å². The average molecular weight is 258 g/mol. The van der Waals surface area contributed by atoms with Crippen molar-refractivity contribution in [3.8, 4) is 0 Å². The Kier molecular flexibility index (Phi) is 2.88. The van der Waals surface area contributed by atoms with Gasteiger partial charge < -0.3 is 5.32 Å². The lowest BCUT2D eigenvalue weighted by Crippen LogP contribution is -2.13. The molecule has 1 fully saturated rings. The van der Waals surface area contributed by atoms with E-state index < -0.39 is 0 Å². The minimum atomic E-state index is -0.140. The number of halogens is 2. The van der Waals surface area contributed by atoms with Gasteiger partial charge in [0.15, 0.2) is 0 Å². The predicted molar refractivity (Wildman–Crippen MR) is 58.8 cm³/mol. The molecule has 1 heterocycles. The fourth-order valence-corrected chi connectivity index (χ4v) is 2.49. The van der Waals surface area contributed by atoms with E-state index in [1.54, 1.807) is 13.0 Å². The molecule has 0 saturated carbocycles. The van der Waals surface area contributed by atoms with Crippen LogP contribution >= 0.6 is 15.9 Å². The van der Waals surface area contributed by atoms with Crippen LogP contribution in [-0.2, 0) is 0 Å². The number of aryl methyl sites for hydroxylation is 1. The normalized spacial score (nSPS) is 21.5. The Morgan fingerprint density at radius 2 is 2.29 bits per heavy atom. The van der Waals surface area contributed by atoms with E-state index >= 15 is 0 Å². The molecule has 1 atom stereocenters. The highest BCUT2D eigenvalue weighted by molar-refractivity contribution is 9.10. The molecule has 0 aliphatic carbocycles. The first kappa shape index (κ1) is 10.1. The van der Waals surface area contributed by atoms with Gasteiger partial charge in [0.1, 0.15) is 5.82 Å². The van der Waals surface area contributed by atoms with Crippen molar-refractivity contribution in [1.29, 1.82) is 0 Å². The quantitative estimate of drug-likeness (QED) is 0.814. The largest absolute Gasteiger partial charge is 0.310 e. The summed E-state index contributed by atoms with van der Waals surface area (Å²) < 4.78 is 14.1. The Morgan fingerprint density at radius 1 is 1.50 bits per heavy atom. The van der Waals surface area contributed by atoms with Crippen molar-refractivity contribution < 1.29 is 4.39 Å². The van der Waals surface area contributed by atoms with Crippen LogP contribution < -0.4 is 5.32 Å². The first-order chi connectivity index (χ1) is 6.68. The number of rotatable bonds is 1. The molecule has 1 saturated heterocycles. The van der Waals surface area contributed by atoms with Crippen molar-refractivity contribution in [1.82, 2.24) is 5.32 Å². The van der Waals surface area contributed by atoms with Gasteiger partial charge >= 0.3 is 0 Å². The minimum Gasteiger partial charge on any atom is -0.310 e. The van der Waals surface area contributed by atoms with Gasteiger partial charge in [0.2, 0.25) is 0 Å². The van der Waals surface area contributed by atoms with E-state index in [0.29, 0.717) is 6.04 Å². The monoisotopic (exact) mass is 257 g/mol. The molecule has 2 rings (SSSR count). The van der Waals surface area contributed by atoms with Crippen molar-refractivity contribution in [2.24, 2.45) is 0 Å². The van der Waals surface area contributed by atoms with Crippen LogP contribution in [0.1, 0.15) is 30.0 Å². The number of nitrogens with one attached hydrogen (secondary N) is 1. The summed E-state index contributed by atoms with van der Waals surface area (Å²) >= 11 is 3.41. The fourth-order valence-electron chi connectivity index (χ4n) is 1.90. The van der Waals surface area contributed by atoms with Crippen LogP contribution in [0.2, 0.25) is 0 Å². The first-order valence-electron chi connectivity index (χ1n) is 4.87. The molecular formula is C11H13BrFN. The third-order valence-electron chi connectivity index (χ3n) is 2.71. The predicted octanol–water partition coefficient (Wildman–Crippen LogP) is 3.32. The Balaban J connectivity index is 2.37. The van der Waals surface area contributed by atoms with Crippen LogP contribution in [0.4, 0.5) is 4.39 Å². The van der Waals surface area contributed by atoms with Crippen molar-refractivity contribution in [2.45, 2.75) is 25.8 Å². The summed E-state index contributed by atoms with van der Waals surface area (Å²) in [6.45, 7) is 2.87. The highest BCUT2D eigenvalue weighted by Crippen LogP contribution is 2.31. The zero-order chi connectivity index (χ0) is 10.1. The van der Waals surface area contributed by atoms with Gasteiger partial charge in [-0.25, -0.2) is 4.39 Å². The summed E-state index contributed by atoms with van der Waals surface area (Å²) in [6, 6.07) is 3.89. The molecule has 1 aliphatic heterocycles. The summed E-state index contributed by atoms with van der Waals surface area (Å²) in [4.78, 5) is 0. The molecule has 1 N–H and O–H groups in total. The summed E-state index contributed by atoms with van der Waals surface area (Å²) in [5.74, 6) is -0.140. The van der Waals surface area contributed by atoms with E-state index in [2.05, 4.69) is 21.2 Å². The van der Waals surface area contributed by atoms with Crippen LogP contribution in [0.15, 0.2) is 16.6 Å². The van der Waals surface area contributed by atoms with E-state index in [4.69, 9.17) is 0 Å². The fraction of sp³-hybridized carbons (Fsp3) is 0.455. The number of benzene rings is 1. The first-order valence-corrected chi connectivity index (χ1v) is 5.66. The smallest absolute Gasteiger partial charge is 0.127 e. The molecule has 0 aromatic heterocycles. The lowest BCUT2D eigenvalue weighted by molar-refractivity contribution is 0.606. The van der Waals surface area contributed by atoms with E-state index in [1.165, 1.54) is 12.0 Å². The second-order valence-corrected chi connectivity index (χ2v) is 4.63. The van der Waals surface area contributed by atoms with Crippen molar-refractivity contribution >= 4 is 15.9 Å². The van der Waals surface area contributed by atoms with E-state index in [-0.39, 0.29) is 5.82 Å². The van der Waals surface area contributed by atoms with Crippen LogP contribution in [-0.4, -0.2) is 6.54 Å². The van der Waals surface area contributed by atoms with Gasteiger partial charge in [-0.3, -0.25) is 0 Å². The van der Waals surface area contributed by atoms with Gasteiger partial charge in [0, 0.05) is 10.5 Å². The Hall–Kier alpha value is -0.410. The molecule has 1 nitrogen and oxygen atoms in total. The molecule has 0 radical (unpaired) electrons. The summed E-state index contributed by atoms with van der Waals surface area (Å²) in [7, 11) is 0. The maximum atomic E-state index is 13.2. The molecule has 1 aliphatic rings. The van der Waals surface area contributed by atoms with Crippen LogP contribution in [0.5, 0.6) is 0 Å². The molecule has 76 valence electrons. The maximum absolute atomic E-state index is 13.2. The third kappa shape index (κ3) is 1.84. The molecule has 0 spiro atoms. The zero-order valence-electron chi connectivity index (χ0n) is 8.11. The minimum absolute atomic E-state index is 0.140. The van der Waals surface area contributed by atoms with Gasteiger partial charge in [0.25, 0.3) is 0 Å². The molecule has 14 heavy (non-hydrogen) atoms. The van der Waals surface area contributed by atoms with Crippen LogP contribution in [0.3, 0.4) is 0 Å². The Morgan fingerprint density at radius 3 is 2.93 bits per heavy atom. The van der Waals surface area contributed by atoms with Crippen molar-refractivity contribution in [3.63, 3.8) is 0 Å². The van der Waals surface area contributed by atoms with Gasteiger partial charge in [-0.15, -0.1) is 0 Å². The van der Waals surface area contributed by atoms with Gasteiger partial charge in [-0.1, -0.05) is 22.0 Å². The lowest BCUT2D eigenvalue weighted by Gasteiger charge is -2.13. The third-order valence-corrected chi connectivity index (χ3v) is 3.40. The van der Waals surface area contributed by atoms with Crippen LogP contribution in [0.25, 0.3) is 0 Å². The Labute approximate surface area is 91.8 Å². The Bertz CT molecular complexity index is 345. The second kappa shape index (κ2) is 3.99. The van der Waals surface area contributed by atoms with Crippen molar-refractivity contribution in [2.75, 3.05) is 6.54 Å². The summed E-state index contributed by atoms with van der Waals surface area (Å²) in [5.41, 5.74) is 1.90. The summed E-state index contributed by atoms with van der Waals surface area (Å²) in [6.07, 6.45) is 2.34. The van der Waals surface area contributed by atoms with Gasteiger partial charge in [0.05, 0.1) is 0 Å². The molecule has 1 aromatic carbocycles. The highest BCUT2D eigenvalue weighted by Gasteiger charge is 2.19. The standard InChI is InChI=1S/C11H13BrFN/c1-7-5-8(9(12)6-10(7)13)11-3-2-4-14-11/h5-6,11,14H,2-4H2,1H3/t11-/m0/s1. The number of hydrogen-bond donors (Lipinski definition) is 1. The molecule has 3 heteroatoms. The van der Waals surface area contributed by atoms with Crippen molar-refractivity contribution in [3.05, 3.63) is 33.5 Å². The van der Waals surface area contributed by atoms with E-state index in [1.807, 2.05) is 6.07 Å². The van der Waals surface area contributed by atoms with E-state index in [0.717, 1.165) is 23.0 Å². The number of hydrogen-bond acceptors (Lipinski definition) is 1. The SMILES string of the molecule is Cc1cc([C@@H]2CCCN2)c(Br)cc1F. The highest BCUT2D eigenvalue weighted by atomic mass is 79.9. The van der Waals surface area contributed by atoms with Gasteiger partial charge in [-0.2, -0.15) is 0 Å². The summed E-state index contributed by atoms with van der Waals surface area (Å²) in [5, 5.41) is 3.41. The second-order valence-electron chi connectivity index (χ2n) is 3.77.